The first-order chi connectivity index (χ1) is 48.2. The first kappa shape index (κ1) is 88.5. The number of aliphatic hydroxyl groups is 1. The van der Waals surface area contributed by atoms with Gasteiger partial charge < -0.3 is 79.7 Å². The van der Waals surface area contributed by atoms with Crippen LogP contribution in [0.5, 0.6) is 11.5 Å². The number of anilines is 1. The summed E-state index contributed by atoms with van der Waals surface area (Å²) in [5.74, 6) is -3.54. The Labute approximate surface area is 621 Å². The molecule has 0 saturated carbocycles. The van der Waals surface area contributed by atoms with Gasteiger partial charge in [0.15, 0.2) is 28.3 Å². The minimum Gasteiger partial charge on any atom is -0.870 e. The van der Waals surface area contributed by atoms with Gasteiger partial charge in [0.1, 0.15) is 22.3 Å². The molecular weight excluding hydrogens is 1390 g/mol. The summed E-state index contributed by atoms with van der Waals surface area (Å²) in [6, 6.07) is 31.1. The van der Waals surface area contributed by atoms with Crippen LogP contribution in [0.4, 0.5) is 11.4 Å². The van der Waals surface area contributed by atoms with E-state index in [2.05, 4.69) is 39.7 Å². The van der Waals surface area contributed by atoms with Crippen LogP contribution < -0.4 is 41.0 Å². The topological polar surface area (TPSA) is 506 Å². The molecule has 31 nitrogen and oxygen atoms in total. The molecule has 0 bridgehead atoms. The van der Waals surface area contributed by atoms with Crippen LogP contribution in [0.15, 0.2) is 132 Å². The number of hydrogen-bond donors (Lipinski definition) is 8. The molecule has 0 amide bonds. The maximum atomic E-state index is 11.5. The summed E-state index contributed by atoms with van der Waals surface area (Å²) < 4.78 is 35.1. The first-order valence-electron chi connectivity index (χ1n) is 30.5. The van der Waals surface area contributed by atoms with Crippen molar-refractivity contribution in [2.45, 2.75) is 90.0 Å². The van der Waals surface area contributed by atoms with Gasteiger partial charge in [-0.05, 0) is 176 Å². The summed E-state index contributed by atoms with van der Waals surface area (Å²) in [5, 5.41) is 68.3. The van der Waals surface area contributed by atoms with E-state index in [0.717, 1.165) is 55.5 Å². The average molecular weight is 1470 g/mol. The number of ether oxygens (including phenoxy) is 3. The third kappa shape index (κ3) is 24.3. The van der Waals surface area contributed by atoms with E-state index in [0.29, 0.717) is 68.2 Å². The molecule has 11 N–H and O–H groups in total. The minimum atomic E-state index is -1.14. The molecule has 7 aromatic carbocycles. The van der Waals surface area contributed by atoms with Crippen molar-refractivity contribution in [1.29, 1.82) is 0 Å². The zero-order valence-electron chi connectivity index (χ0n) is 59.4. The van der Waals surface area contributed by atoms with E-state index < -0.39 is 40.0 Å². The molecule has 104 heavy (non-hydrogen) atoms. The molecular formula is C71H77ClN9NaO22. The standard InChI is InChI=1S/C18H13N3O4.C12H13NO3.C10H9NO3.C9H10N2O3.C8H9NO3.C8H11NO.C4H5ClO3.C2H6O.Na.H2O/c1-9-3-4-10(2)14-13(9)19-16(24-14)17-20-15(21-25-17)11-5-7-12(8-6-11)18(22)23;1-4-15-12(14)11-13-9-7(2)5-6-8(3)10(9)16-11;1-5-3-4-6(2)8-7(5)11-9(14-8)10(12)13;1-14-9(12)7-4-2-6(3-5-7)8(10)11-13;1-5-3-4-6(2)8(10)7(5)9(11)12;1-5-3-4-6(2)8(10)7(5)9;1-2-8-4(7)3(5)6;1-2-3;;/h3-8H,1-2H3,(H,22,23);5-6H,4H2,1-3H3;3-4H,1-2H3,(H,12,13);2-5,13H,1H3,(H2,10,11);3-4,10H,1-2H3;3-4,10H,9H2,1-2H3;2H2,1H3;3H,2H2,1H3;;1H2/q;;;;;;;;+1;/p-1. The van der Waals surface area contributed by atoms with E-state index in [-0.39, 0.29) is 100 Å². The predicted octanol–water partition coefficient (Wildman–Crippen LogP) is 9.84. The van der Waals surface area contributed by atoms with Crippen molar-refractivity contribution in [2.75, 3.05) is 32.7 Å². The fourth-order valence-electron chi connectivity index (χ4n) is 8.40. The Morgan fingerprint density at radius 1 is 0.548 bits per heavy atom. The van der Waals surface area contributed by atoms with E-state index in [9.17, 15) is 49.1 Å². The second-order valence-corrected chi connectivity index (χ2v) is 21.8. The van der Waals surface area contributed by atoms with Gasteiger partial charge >= 0.3 is 88.0 Å². The molecule has 0 aliphatic heterocycles. The van der Waals surface area contributed by atoms with Crippen molar-refractivity contribution in [1.82, 2.24) is 25.1 Å². The number of hydrogen-bond acceptors (Lipinski definition) is 27. The number of aliphatic hydroxyl groups excluding tert-OH is 1. The number of carboxylic acids is 2. The number of aryl methyl sites for hydroxylation is 10. The van der Waals surface area contributed by atoms with Crippen LogP contribution in [-0.2, 0) is 23.8 Å². The Morgan fingerprint density at radius 3 is 1.37 bits per heavy atom. The van der Waals surface area contributed by atoms with E-state index in [1.54, 1.807) is 83.1 Å². The minimum absolute atomic E-state index is 0. The van der Waals surface area contributed by atoms with Gasteiger partial charge in [-0.25, -0.2) is 38.9 Å². The number of esters is 3. The number of phenolic OH excluding ortho intramolecular Hbond substituents is 2. The van der Waals surface area contributed by atoms with Crippen LogP contribution in [0.25, 0.3) is 56.5 Å². The molecule has 4 aromatic heterocycles. The van der Waals surface area contributed by atoms with Gasteiger partial charge in [-0.1, -0.05) is 95.2 Å². The van der Waals surface area contributed by atoms with Crippen molar-refractivity contribution in [3.05, 3.63) is 203 Å². The molecule has 0 unspecified atom stereocenters. The quantitative estimate of drug-likeness (QED) is 0.00485. The number of nitro groups is 1. The molecule has 11 aromatic rings. The SMILES string of the molecule is CCO.CCOC(=O)C(=O)Cl.CCOC(=O)c1nc2c(C)ccc(C)c2o1.COC(=O)c1ccc(/C(N)=N\O)cc1.Cc1ccc(C)c(O)c1N.Cc1ccc(C)c([N+](=O)[O-])c1O.Cc1ccc(C)c2oc(-c3nc(-c4ccc(C(=O)O)cc4)no3)nc12.Cc1ccc(C)c2oc(C(=O)O)nc12.[Na+].[OH-]. The maximum absolute atomic E-state index is 11.5. The molecule has 11 rings (SSSR count). The zero-order chi connectivity index (χ0) is 76.4. The molecule has 546 valence electrons. The number of nitrogens with zero attached hydrogens (tertiary/aromatic N) is 7. The van der Waals surface area contributed by atoms with Gasteiger partial charge in [-0.15, -0.1) is 0 Å². The van der Waals surface area contributed by atoms with Crippen molar-refractivity contribution in [3.63, 3.8) is 0 Å². The Bertz CT molecular complexity index is 4670. The van der Waals surface area contributed by atoms with E-state index >= 15 is 0 Å². The van der Waals surface area contributed by atoms with Crippen LogP contribution in [0.3, 0.4) is 0 Å². The molecule has 33 heteroatoms. The molecule has 0 saturated heterocycles. The number of aromatic carboxylic acids is 2. The number of aromatic nitrogens is 5. The Kier molecular flexibility index (Phi) is 35.7. The van der Waals surface area contributed by atoms with Gasteiger partial charge in [0.2, 0.25) is 5.82 Å². The number of methoxy groups -OCH3 is 1. The van der Waals surface area contributed by atoms with E-state index in [4.69, 9.17) is 66.1 Å². The van der Waals surface area contributed by atoms with Crippen LogP contribution in [0.2, 0.25) is 0 Å². The smallest absolute Gasteiger partial charge is 0.870 e. The number of amidine groups is 1. The summed E-state index contributed by atoms with van der Waals surface area (Å²) in [6.45, 7) is 24.2. The van der Waals surface area contributed by atoms with Crippen LogP contribution in [0.1, 0.15) is 124 Å². The third-order valence-electron chi connectivity index (χ3n) is 14.0. The number of carbonyl (C=O) groups is 6. The van der Waals surface area contributed by atoms with Crippen LogP contribution in [-0.4, -0.2) is 134 Å². The second kappa shape index (κ2) is 42.0. The van der Waals surface area contributed by atoms with E-state index in [1.807, 2.05) is 104 Å². The Morgan fingerprint density at radius 2 is 0.962 bits per heavy atom. The Hall–Kier alpha value is -11.6. The maximum Gasteiger partial charge on any atom is 1.00 e. The summed E-state index contributed by atoms with van der Waals surface area (Å²) in [5.41, 5.74) is 25.4. The number of nitrogens with two attached hydrogens (primary N) is 2. The fraction of sp³-hybridized carbons (Fsp3) is 0.239. The van der Waals surface area contributed by atoms with Gasteiger partial charge in [0.25, 0.3) is 5.89 Å². The summed E-state index contributed by atoms with van der Waals surface area (Å²) in [6.07, 6.45) is 0. The van der Waals surface area contributed by atoms with Gasteiger partial charge in [0.05, 0.1) is 42.1 Å². The van der Waals surface area contributed by atoms with Gasteiger partial charge in [-0.2, -0.15) is 4.98 Å². The number of fused-ring (bicyclic) bond motifs is 3. The number of benzene rings is 7. The number of phenols is 2. The number of halogens is 1. The predicted molar refractivity (Wildman–Crippen MR) is 378 cm³/mol. The number of oxazole rings is 3. The number of carbonyl (C=O) groups excluding carboxylic acids is 4. The number of oxime groups is 1. The molecule has 0 aliphatic carbocycles. The molecule has 0 fully saturated rings. The molecule has 0 spiro atoms. The molecule has 0 radical (unpaired) electrons. The van der Waals surface area contributed by atoms with E-state index in [1.165, 1.54) is 19.2 Å². The van der Waals surface area contributed by atoms with Crippen molar-refractivity contribution >= 4 is 97.2 Å². The average Bonchev–Trinajstić information content (AvgIpc) is 1.69. The normalized spacial score (nSPS) is 10.1. The van der Waals surface area contributed by atoms with Gasteiger partial charge in [-0.3, -0.25) is 14.9 Å². The number of nitro benzene ring substituents is 1. The van der Waals surface area contributed by atoms with Crippen molar-refractivity contribution < 1.29 is 131 Å². The number of carboxylic acid groups (broad SMARTS) is 2. The second-order valence-electron chi connectivity index (χ2n) is 21.5. The summed E-state index contributed by atoms with van der Waals surface area (Å²) in [7, 11) is 1.31. The molecule has 4 heterocycles. The zero-order valence-corrected chi connectivity index (χ0v) is 62.2. The van der Waals surface area contributed by atoms with Crippen molar-refractivity contribution in [2.24, 2.45) is 10.9 Å². The van der Waals surface area contributed by atoms with Crippen LogP contribution >= 0.6 is 11.6 Å². The summed E-state index contributed by atoms with van der Waals surface area (Å²) >= 11 is 4.69. The monoisotopic (exact) mass is 1470 g/mol. The number of nitrogen functional groups attached to an aromatic ring is 1. The largest absolute Gasteiger partial charge is 1.00 e. The number of aromatic hydroxyl groups is 2. The number of rotatable bonds is 11. The molecule has 0 atom stereocenters. The first-order valence-corrected chi connectivity index (χ1v) is 30.9. The third-order valence-corrected chi connectivity index (χ3v) is 14.1. The Balaban J connectivity index is 0.000000420. The summed E-state index contributed by atoms with van der Waals surface area (Å²) in [4.78, 5) is 90.6. The van der Waals surface area contributed by atoms with Gasteiger partial charge in [0, 0.05) is 23.3 Å². The fourth-order valence-corrected chi connectivity index (χ4v) is 8.46. The van der Waals surface area contributed by atoms with Crippen molar-refractivity contribution in [3.8, 4) is 34.7 Å². The molecule has 0 aliphatic rings. The van der Waals surface area contributed by atoms with Crippen LogP contribution in [0, 0.1) is 79.4 Å².